The monoisotopic (exact) mass is 255 g/mol. The third kappa shape index (κ3) is 3.34. The van der Waals surface area contributed by atoms with E-state index < -0.39 is 18.1 Å². The number of aliphatic hydroxyl groups is 1. The van der Waals surface area contributed by atoms with Gasteiger partial charge >= 0.3 is 84.6 Å². The molecule has 0 aliphatic heterocycles. The molecule has 0 aliphatic rings. The third-order valence-electron chi connectivity index (χ3n) is 1.49. The van der Waals surface area contributed by atoms with Gasteiger partial charge in [0.1, 0.15) is 0 Å². The maximum atomic E-state index is 11.1. The zero-order valence-corrected chi connectivity index (χ0v) is 9.60. The Labute approximate surface area is 85.1 Å². The van der Waals surface area contributed by atoms with Crippen LogP contribution in [-0.4, -0.2) is 56.4 Å². The van der Waals surface area contributed by atoms with Crippen LogP contribution in [0.5, 0.6) is 0 Å². The summed E-state index contributed by atoms with van der Waals surface area (Å²) in [4.78, 5) is 22.0. The number of esters is 1. The average molecular weight is 254 g/mol. The second-order valence-electron chi connectivity index (χ2n) is 2.57. The van der Waals surface area contributed by atoms with Gasteiger partial charge in [0.05, 0.1) is 0 Å². The zero-order valence-electron chi connectivity index (χ0n) is 7.72. The number of aliphatic hydroxyl groups excluding tert-OH is 1. The molecule has 1 unspecified atom stereocenters. The van der Waals surface area contributed by atoms with E-state index in [1.165, 1.54) is 21.0 Å². The first kappa shape index (κ1) is 12.4. The second-order valence-corrected chi connectivity index (χ2v) is 3.48. The van der Waals surface area contributed by atoms with Crippen molar-refractivity contribution in [3.8, 4) is 0 Å². The van der Waals surface area contributed by atoms with Crippen LogP contribution in [0.4, 0.5) is 0 Å². The number of carbonyl (C=O) groups excluding carboxylic acids is 2. The van der Waals surface area contributed by atoms with Gasteiger partial charge in [-0.15, -0.1) is 0 Å². The Balaban J connectivity index is 4.60. The summed E-state index contributed by atoms with van der Waals surface area (Å²) in [7, 11) is 1.21. The number of hydrogen-bond donors (Lipinski definition) is 1. The molecule has 5 nitrogen and oxygen atoms in total. The molecule has 13 heavy (non-hydrogen) atoms. The van der Waals surface area contributed by atoms with Crippen LogP contribution in [0.15, 0.2) is 0 Å². The fourth-order valence-electron chi connectivity index (χ4n) is 0.818. The van der Waals surface area contributed by atoms with Crippen molar-refractivity contribution >= 4 is 28.1 Å². The summed E-state index contributed by atoms with van der Waals surface area (Å²) in [6, 6.07) is -0.956. The van der Waals surface area contributed by atoms with Crippen LogP contribution in [0.25, 0.3) is 0 Å². The van der Waals surface area contributed by atoms with Crippen LogP contribution in [-0.2, 0) is 14.3 Å². The van der Waals surface area contributed by atoms with Gasteiger partial charge < -0.3 is 0 Å². The van der Waals surface area contributed by atoms with Crippen molar-refractivity contribution in [3.63, 3.8) is 0 Å². The summed E-state index contributed by atoms with van der Waals surface area (Å²) in [6.07, 6.45) is -0.959. The molecule has 0 aromatic rings. The van der Waals surface area contributed by atoms with Crippen LogP contribution in [0, 0.1) is 0 Å². The van der Waals surface area contributed by atoms with Crippen molar-refractivity contribution in [2.24, 2.45) is 0 Å². The number of hydrogen-bond acceptors (Lipinski definition) is 4. The Morgan fingerprint density at radius 2 is 2.00 bits per heavy atom. The maximum absolute atomic E-state index is 11.1. The van der Waals surface area contributed by atoms with Crippen molar-refractivity contribution in [2.75, 3.05) is 7.11 Å². The average Bonchev–Trinajstić information content (AvgIpc) is 2.03. The summed E-state index contributed by atoms with van der Waals surface area (Å²) >= 11 is 1.92. The van der Waals surface area contributed by atoms with Crippen LogP contribution in [0.2, 0.25) is 0 Å². The van der Waals surface area contributed by atoms with Crippen LogP contribution >= 0.6 is 0 Å². The first-order valence-corrected chi connectivity index (χ1v) is 4.50. The Kier molecular flexibility index (Phi) is 4.98. The molecule has 0 aliphatic carbocycles. The normalized spacial score (nSPS) is 14.5. The molecule has 0 fully saturated rings. The van der Waals surface area contributed by atoms with Crippen LogP contribution in [0.1, 0.15) is 13.8 Å². The van der Waals surface area contributed by atoms with Gasteiger partial charge in [0.15, 0.2) is 0 Å². The molecule has 2 atom stereocenters. The van der Waals surface area contributed by atoms with Crippen molar-refractivity contribution in [2.45, 2.75) is 26.0 Å². The quantitative estimate of drug-likeness (QED) is 0.495. The van der Waals surface area contributed by atoms with Crippen LogP contribution < -0.4 is 0 Å². The summed E-state index contributed by atoms with van der Waals surface area (Å²) in [5.41, 5.74) is 0. The molecule has 0 radical (unpaired) electrons. The molecule has 0 aromatic heterocycles. The van der Waals surface area contributed by atoms with Gasteiger partial charge in [-0.3, -0.25) is 0 Å². The summed E-state index contributed by atoms with van der Waals surface area (Å²) in [6.45, 7) is 2.72. The van der Waals surface area contributed by atoms with Gasteiger partial charge in [-0.05, 0) is 0 Å². The van der Waals surface area contributed by atoms with Crippen molar-refractivity contribution in [1.82, 2.24) is 3.92 Å². The van der Waals surface area contributed by atoms with Gasteiger partial charge in [0.25, 0.3) is 0 Å². The molecule has 0 spiro atoms. The molecule has 76 valence electrons. The van der Waals surface area contributed by atoms with Gasteiger partial charge in [-0.25, -0.2) is 0 Å². The number of nitrogens with zero attached hydrogens (tertiary/aromatic N) is 1. The summed E-state index contributed by atoms with van der Waals surface area (Å²) in [5, 5.41) is 9.23. The minimum absolute atomic E-state index is 0.323. The molecule has 1 amide bonds. The molecule has 0 aromatic carbocycles. The predicted molar refractivity (Wildman–Crippen MR) is 47.2 cm³/mol. The molecule has 0 rings (SSSR count). The molecule has 0 bridgehead atoms. The standard InChI is InChI=1S/C7H13NO4Se/c1-4(9)6(7(11)12-3)8(13)5(2)10/h4,6,9,13H,1-3H3/t4?,6-/m0/s1. The first-order chi connectivity index (χ1) is 5.91. The molecular weight excluding hydrogens is 241 g/mol. The number of methoxy groups -OCH3 is 1. The van der Waals surface area contributed by atoms with E-state index in [0.29, 0.717) is 0 Å². The summed E-state index contributed by atoms with van der Waals surface area (Å²) in [5.74, 6) is -0.956. The predicted octanol–water partition coefficient (Wildman–Crippen LogP) is -1.43. The topological polar surface area (TPSA) is 66.8 Å². The van der Waals surface area contributed by atoms with Gasteiger partial charge in [0.2, 0.25) is 0 Å². The van der Waals surface area contributed by atoms with Gasteiger partial charge in [0, 0.05) is 0 Å². The Hall–Kier alpha value is -0.581. The van der Waals surface area contributed by atoms with Crippen LogP contribution in [0.3, 0.4) is 0 Å². The number of rotatable bonds is 3. The molecule has 6 heteroatoms. The van der Waals surface area contributed by atoms with E-state index in [2.05, 4.69) is 4.74 Å². The fraction of sp³-hybridized carbons (Fsp3) is 0.714. The number of amides is 1. The number of carbonyl (C=O) groups is 2. The summed E-state index contributed by atoms with van der Waals surface area (Å²) < 4.78 is 5.53. The molecular formula is C7H13NO4Se. The number of ether oxygens (including phenoxy) is 1. The minimum atomic E-state index is -0.959. The van der Waals surface area contributed by atoms with E-state index in [9.17, 15) is 14.7 Å². The van der Waals surface area contributed by atoms with E-state index in [-0.39, 0.29) is 5.91 Å². The Bertz CT molecular complexity index is 207. The van der Waals surface area contributed by atoms with Crippen molar-refractivity contribution < 1.29 is 19.4 Å². The van der Waals surface area contributed by atoms with E-state index in [1.54, 1.807) is 0 Å². The van der Waals surface area contributed by atoms with E-state index >= 15 is 0 Å². The molecule has 0 saturated heterocycles. The molecule has 1 N–H and O–H groups in total. The Morgan fingerprint density at radius 3 is 2.23 bits per heavy atom. The van der Waals surface area contributed by atoms with Gasteiger partial charge in [-0.2, -0.15) is 0 Å². The first-order valence-electron chi connectivity index (χ1n) is 3.66. The van der Waals surface area contributed by atoms with E-state index in [0.717, 1.165) is 3.92 Å². The third-order valence-corrected chi connectivity index (χ3v) is 2.60. The second kappa shape index (κ2) is 5.21. The SMILES string of the molecule is COC(=O)[C@H](C(C)O)N([SeH])C(C)=O. The Morgan fingerprint density at radius 1 is 1.54 bits per heavy atom. The zero-order chi connectivity index (χ0) is 10.6. The fourth-order valence-corrected chi connectivity index (χ4v) is 1.42. The molecule has 0 heterocycles. The van der Waals surface area contributed by atoms with E-state index in [4.69, 9.17) is 0 Å². The van der Waals surface area contributed by atoms with E-state index in [1.807, 2.05) is 16.2 Å². The van der Waals surface area contributed by atoms with Crippen molar-refractivity contribution in [1.29, 1.82) is 0 Å². The van der Waals surface area contributed by atoms with Crippen molar-refractivity contribution in [3.05, 3.63) is 0 Å². The van der Waals surface area contributed by atoms with Gasteiger partial charge in [-0.1, -0.05) is 0 Å². The molecule has 0 saturated carbocycles.